The fraction of sp³-hybridized carbons (Fsp3) is 0.0667. The van der Waals surface area contributed by atoms with E-state index in [0.717, 1.165) is 5.56 Å². The molecule has 2 rings (SSSR count). The number of nitrogens with one attached hydrogen (secondary N) is 1. The highest BCUT2D eigenvalue weighted by molar-refractivity contribution is 6.42. The van der Waals surface area contributed by atoms with Gasteiger partial charge in [-0.2, -0.15) is 5.10 Å². The molecule has 0 saturated carbocycles. The molecule has 0 heterocycles. The van der Waals surface area contributed by atoms with Crippen molar-refractivity contribution in [2.24, 2.45) is 5.10 Å². The van der Waals surface area contributed by atoms with Crippen LogP contribution in [0.2, 0.25) is 10.0 Å². The molecule has 0 atom stereocenters. The van der Waals surface area contributed by atoms with Gasteiger partial charge >= 0.3 is 0 Å². The van der Waals surface area contributed by atoms with Gasteiger partial charge in [0.05, 0.1) is 15.8 Å². The molecule has 1 amide bonds. The summed E-state index contributed by atoms with van der Waals surface area (Å²) in [6.07, 6.45) is 0. The predicted molar refractivity (Wildman–Crippen MR) is 84.2 cm³/mol. The lowest BCUT2D eigenvalue weighted by atomic mass is 10.1. The van der Waals surface area contributed by atoms with Gasteiger partial charge in [-0.1, -0.05) is 29.3 Å². The van der Waals surface area contributed by atoms with E-state index in [2.05, 4.69) is 10.5 Å². The van der Waals surface area contributed by atoms with Gasteiger partial charge in [0.15, 0.2) is 0 Å². The van der Waals surface area contributed by atoms with Crippen LogP contribution in [0.4, 0.5) is 0 Å². The molecule has 0 aromatic heterocycles. The molecule has 2 aromatic rings. The number of nitrogens with zero attached hydrogens (tertiary/aromatic N) is 1. The summed E-state index contributed by atoms with van der Waals surface area (Å²) < 4.78 is 0. The van der Waals surface area contributed by atoms with E-state index in [1.54, 1.807) is 25.1 Å². The second kappa shape index (κ2) is 6.61. The van der Waals surface area contributed by atoms with Crippen molar-refractivity contribution in [3.8, 4) is 5.75 Å². The highest BCUT2D eigenvalue weighted by Crippen LogP contribution is 2.22. The predicted octanol–water partition coefficient (Wildman–Crippen LogP) is 3.85. The lowest BCUT2D eigenvalue weighted by molar-refractivity contribution is 0.0955. The molecular weight excluding hydrogens is 311 g/mol. The van der Waals surface area contributed by atoms with Gasteiger partial charge in [0, 0.05) is 5.56 Å². The molecule has 0 fully saturated rings. The van der Waals surface area contributed by atoms with E-state index in [9.17, 15) is 9.90 Å². The van der Waals surface area contributed by atoms with Gasteiger partial charge in [-0.3, -0.25) is 4.79 Å². The van der Waals surface area contributed by atoms with Crippen molar-refractivity contribution in [1.82, 2.24) is 5.43 Å². The Morgan fingerprint density at radius 3 is 2.29 bits per heavy atom. The van der Waals surface area contributed by atoms with Crippen molar-refractivity contribution in [2.75, 3.05) is 0 Å². The van der Waals surface area contributed by atoms with Crippen LogP contribution in [0.25, 0.3) is 0 Å². The molecule has 6 heteroatoms. The number of phenols is 1. The van der Waals surface area contributed by atoms with Crippen molar-refractivity contribution >= 4 is 34.8 Å². The molecule has 21 heavy (non-hydrogen) atoms. The van der Waals surface area contributed by atoms with Crippen LogP contribution < -0.4 is 5.43 Å². The highest BCUT2D eigenvalue weighted by Gasteiger charge is 2.06. The van der Waals surface area contributed by atoms with Gasteiger partial charge in [-0.25, -0.2) is 5.43 Å². The molecule has 0 saturated heterocycles. The molecule has 0 aliphatic carbocycles. The number of hydrogen-bond acceptors (Lipinski definition) is 3. The number of aromatic hydroxyl groups is 1. The van der Waals surface area contributed by atoms with Crippen molar-refractivity contribution in [3.63, 3.8) is 0 Å². The number of amides is 1. The first-order valence-electron chi connectivity index (χ1n) is 6.06. The van der Waals surface area contributed by atoms with Crippen molar-refractivity contribution in [2.45, 2.75) is 6.92 Å². The maximum atomic E-state index is 11.9. The Morgan fingerprint density at radius 1 is 1.05 bits per heavy atom. The van der Waals surface area contributed by atoms with Crippen LogP contribution in [0.15, 0.2) is 47.6 Å². The molecule has 2 N–H and O–H groups in total. The van der Waals surface area contributed by atoms with Crippen molar-refractivity contribution in [1.29, 1.82) is 0 Å². The van der Waals surface area contributed by atoms with Crippen LogP contribution >= 0.6 is 23.2 Å². The second-order valence-corrected chi connectivity index (χ2v) is 5.13. The molecule has 0 unspecified atom stereocenters. The summed E-state index contributed by atoms with van der Waals surface area (Å²) in [4.78, 5) is 11.9. The van der Waals surface area contributed by atoms with E-state index in [1.165, 1.54) is 24.3 Å². The standard InChI is InChI=1S/C15H12Cl2N2O2/c1-9(11-4-7-13(16)14(17)8-11)18-19-15(21)10-2-5-12(20)6-3-10/h2-8,20H,1H3,(H,19,21). The number of carbonyl (C=O) groups excluding carboxylic acids is 1. The van der Waals surface area contributed by atoms with E-state index in [1.807, 2.05) is 0 Å². The quantitative estimate of drug-likeness (QED) is 0.666. The van der Waals surface area contributed by atoms with E-state index in [4.69, 9.17) is 23.2 Å². The van der Waals surface area contributed by atoms with Crippen LogP contribution in [0.3, 0.4) is 0 Å². The summed E-state index contributed by atoms with van der Waals surface area (Å²) in [6, 6.07) is 11.0. The van der Waals surface area contributed by atoms with Gasteiger partial charge in [-0.05, 0) is 48.9 Å². The van der Waals surface area contributed by atoms with Gasteiger partial charge in [-0.15, -0.1) is 0 Å². The van der Waals surface area contributed by atoms with Crippen molar-refractivity contribution in [3.05, 3.63) is 63.6 Å². The third kappa shape index (κ3) is 3.97. The molecule has 4 nitrogen and oxygen atoms in total. The van der Waals surface area contributed by atoms with Crippen molar-refractivity contribution < 1.29 is 9.90 Å². The normalized spacial score (nSPS) is 11.3. The fourth-order valence-corrected chi connectivity index (χ4v) is 1.90. The first-order chi connectivity index (χ1) is 9.97. The summed E-state index contributed by atoms with van der Waals surface area (Å²) in [7, 11) is 0. The number of halogens is 2. The summed E-state index contributed by atoms with van der Waals surface area (Å²) in [5, 5.41) is 14.1. The zero-order chi connectivity index (χ0) is 15.4. The molecule has 0 radical (unpaired) electrons. The number of benzene rings is 2. The van der Waals surface area contributed by atoms with Gasteiger partial charge < -0.3 is 5.11 Å². The van der Waals surface area contributed by atoms with E-state index >= 15 is 0 Å². The average Bonchev–Trinajstić information content (AvgIpc) is 2.48. The third-order valence-corrected chi connectivity index (χ3v) is 3.53. The van der Waals surface area contributed by atoms with Gasteiger partial charge in [0.25, 0.3) is 5.91 Å². The SMILES string of the molecule is CC(=NNC(=O)c1ccc(O)cc1)c1ccc(Cl)c(Cl)c1. The minimum atomic E-state index is -0.366. The molecule has 2 aromatic carbocycles. The zero-order valence-corrected chi connectivity index (χ0v) is 12.6. The van der Waals surface area contributed by atoms with Crippen LogP contribution in [0.1, 0.15) is 22.8 Å². The Balaban J connectivity index is 2.10. The summed E-state index contributed by atoms with van der Waals surface area (Å²) >= 11 is 11.8. The van der Waals surface area contributed by atoms with Gasteiger partial charge in [0.2, 0.25) is 0 Å². The molecule has 0 spiro atoms. The average molecular weight is 323 g/mol. The van der Waals surface area contributed by atoms with Crippen LogP contribution in [-0.4, -0.2) is 16.7 Å². The first-order valence-corrected chi connectivity index (χ1v) is 6.82. The van der Waals surface area contributed by atoms with Crippen LogP contribution in [0, 0.1) is 0 Å². The maximum Gasteiger partial charge on any atom is 0.271 e. The zero-order valence-electron chi connectivity index (χ0n) is 11.1. The van der Waals surface area contributed by atoms with E-state index in [0.29, 0.717) is 21.3 Å². The number of hydrogen-bond donors (Lipinski definition) is 2. The summed E-state index contributed by atoms with van der Waals surface area (Å²) in [5.41, 5.74) is 4.20. The Bertz CT molecular complexity index is 697. The largest absolute Gasteiger partial charge is 0.508 e. The smallest absolute Gasteiger partial charge is 0.271 e. The Morgan fingerprint density at radius 2 is 1.67 bits per heavy atom. The minimum Gasteiger partial charge on any atom is -0.508 e. The van der Waals surface area contributed by atoms with Crippen LogP contribution in [-0.2, 0) is 0 Å². The molecular formula is C15H12Cl2N2O2. The fourth-order valence-electron chi connectivity index (χ4n) is 1.60. The lowest BCUT2D eigenvalue weighted by Gasteiger charge is -2.04. The van der Waals surface area contributed by atoms with E-state index in [-0.39, 0.29) is 11.7 Å². The Kier molecular flexibility index (Phi) is 4.83. The lowest BCUT2D eigenvalue weighted by Crippen LogP contribution is -2.19. The topological polar surface area (TPSA) is 61.7 Å². The van der Waals surface area contributed by atoms with Gasteiger partial charge in [0.1, 0.15) is 5.75 Å². The number of rotatable bonds is 3. The monoisotopic (exact) mass is 322 g/mol. The molecule has 0 bridgehead atoms. The molecule has 0 aliphatic heterocycles. The van der Waals surface area contributed by atoms with Crippen LogP contribution in [0.5, 0.6) is 5.75 Å². The highest BCUT2D eigenvalue weighted by atomic mass is 35.5. The number of phenolic OH excluding ortho intramolecular Hbond substituents is 1. The molecule has 108 valence electrons. The van der Waals surface area contributed by atoms with E-state index < -0.39 is 0 Å². The third-order valence-electron chi connectivity index (χ3n) is 2.79. The molecule has 0 aliphatic rings. The number of carbonyl (C=O) groups is 1. The second-order valence-electron chi connectivity index (χ2n) is 4.31. The summed E-state index contributed by atoms with van der Waals surface area (Å²) in [5.74, 6) is -0.267. The first kappa shape index (κ1) is 15.4. The number of hydrazone groups is 1. The minimum absolute atomic E-state index is 0.0991. The Hall–Kier alpha value is -2.04. The summed E-state index contributed by atoms with van der Waals surface area (Å²) in [6.45, 7) is 1.75. The maximum absolute atomic E-state index is 11.9. The Labute approximate surface area is 132 Å².